The number of carbonyl (C=O) groups excluding carboxylic acids is 1. The normalized spacial score (nSPS) is 13.5. The van der Waals surface area contributed by atoms with Crippen LogP contribution < -0.4 is 5.32 Å². The fourth-order valence-corrected chi connectivity index (χ4v) is 2.13. The molecule has 2 N–H and O–H groups in total. The molecule has 0 saturated carbocycles. The van der Waals surface area contributed by atoms with Crippen LogP contribution in [0.5, 0.6) is 0 Å². The van der Waals surface area contributed by atoms with Crippen LogP contribution in [-0.2, 0) is 5.60 Å². The molecule has 22 heavy (non-hydrogen) atoms. The molecule has 0 aliphatic heterocycles. The summed E-state index contributed by atoms with van der Waals surface area (Å²) in [6, 6.07) is 4.26. The van der Waals surface area contributed by atoms with E-state index in [1.165, 1.54) is 25.4 Å². The molecule has 0 saturated heterocycles. The van der Waals surface area contributed by atoms with Crippen molar-refractivity contribution in [3.63, 3.8) is 0 Å². The third-order valence-electron chi connectivity index (χ3n) is 3.12. The smallest absolute Gasteiger partial charge is 0.253 e. The standard InChI is InChI=1S/C15H13ClF2N2O2/c1-15(22,11-3-2-9(17)6-13(11)18)8-20-14(21)10-4-5-19-7-12(10)16/h2-7,22H,8H2,1H3,(H,20,21). The summed E-state index contributed by atoms with van der Waals surface area (Å²) in [7, 11) is 0. The number of rotatable bonds is 4. The minimum absolute atomic E-state index is 0.116. The Morgan fingerprint density at radius 2 is 2.14 bits per heavy atom. The molecule has 2 rings (SSSR count). The van der Waals surface area contributed by atoms with Gasteiger partial charge in [0.25, 0.3) is 5.91 Å². The number of halogens is 3. The molecule has 0 fully saturated rings. The van der Waals surface area contributed by atoms with E-state index >= 15 is 0 Å². The predicted octanol–water partition coefficient (Wildman–Crippen LogP) is 2.65. The largest absolute Gasteiger partial charge is 0.383 e. The lowest BCUT2D eigenvalue weighted by Crippen LogP contribution is -2.39. The summed E-state index contributed by atoms with van der Waals surface area (Å²) in [6.07, 6.45) is 2.72. The van der Waals surface area contributed by atoms with Crippen LogP contribution in [0.3, 0.4) is 0 Å². The number of hydrogen-bond donors (Lipinski definition) is 2. The molecule has 1 unspecified atom stereocenters. The van der Waals surface area contributed by atoms with Crippen molar-refractivity contribution in [2.24, 2.45) is 0 Å². The average Bonchev–Trinajstić information content (AvgIpc) is 2.45. The summed E-state index contributed by atoms with van der Waals surface area (Å²) < 4.78 is 26.6. The van der Waals surface area contributed by atoms with Crippen molar-refractivity contribution in [2.75, 3.05) is 6.54 Å². The van der Waals surface area contributed by atoms with E-state index in [1.807, 2.05) is 0 Å². The number of nitrogens with one attached hydrogen (secondary N) is 1. The first-order valence-electron chi connectivity index (χ1n) is 6.37. The molecule has 1 atom stereocenters. The summed E-state index contributed by atoms with van der Waals surface area (Å²) in [6.45, 7) is 1.05. The number of hydrogen-bond acceptors (Lipinski definition) is 3. The first-order valence-corrected chi connectivity index (χ1v) is 6.74. The molecule has 1 heterocycles. The lowest BCUT2D eigenvalue weighted by Gasteiger charge is -2.24. The van der Waals surface area contributed by atoms with E-state index in [1.54, 1.807) is 0 Å². The van der Waals surface area contributed by atoms with E-state index < -0.39 is 23.1 Å². The van der Waals surface area contributed by atoms with Crippen LogP contribution in [-0.4, -0.2) is 22.5 Å². The zero-order valence-electron chi connectivity index (χ0n) is 11.6. The van der Waals surface area contributed by atoms with Gasteiger partial charge in [0.05, 0.1) is 17.1 Å². The van der Waals surface area contributed by atoms with Crippen LogP contribution in [0.4, 0.5) is 8.78 Å². The molecule has 1 aromatic carbocycles. The molecule has 0 spiro atoms. The maximum absolute atomic E-state index is 13.7. The fourth-order valence-electron chi connectivity index (χ4n) is 1.93. The number of nitrogens with zero attached hydrogens (tertiary/aromatic N) is 1. The molecule has 0 radical (unpaired) electrons. The van der Waals surface area contributed by atoms with Gasteiger partial charge in [-0.15, -0.1) is 0 Å². The number of aromatic nitrogens is 1. The number of amides is 1. The molecule has 1 amide bonds. The highest BCUT2D eigenvalue weighted by atomic mass is 35.5. The van der Waals surface area contributed by atoms with Crippen molar-refractivity contribution in [3.8, 4) is 0 Å². The van der Waals surface area contributed by atoms with Crippen LogP contribution >= 0.6 is 11.6 Å². The van der Waals surface area contributed by atoms with Gasteiger partial charge in [0.15, 0.2) is 0 Å². The monoisotopic (exact) mass is 326 g/mol. The van der Waals surface area contributed by atoms with Gasteiger partial charge >= 0.3 is 0 Å². The predicted molar refractivity (Wildman–Crippen MR) is 77.5 cm³/mol. The third-order valence-corrected chi connectivity index (χ3v) is 3.42. The first kappa shape index (κ1) is 16.3. The van der Waals surface area contributed by atoms with Crippen LogP contribution in [0.1, 0.15) is 22.8 Å². The van der Waals surface area contributed by atoms with E-state index in [0.29, 0.717) is 6.07 Å². The highest BCUT2D eigenvalue weighted by Crippen LogP contribution is 2.24. The summed E-state index contributed by atoms with van der Waals surface area (Å²) in [5, 5.41) is 12.9. The maximum atomic E-state index is 13.7. The number of pyridine rings is 1. The lowest BCUT2D eigenvalue weighted by atomic mass is 9.95. The summed E-state index contributed by atoms with van der Waals surface area (Å²) in [4.78, 5) is 15.8. The Morgan fingerprint density at radius 3 is 2.77 bits per heavy atom. The molecule has 2 aromatic rings. The van der Waals surface area contributed by atoms with Gasteiger partial charge in [0, 0.05) is 24.0 Å². The van der Waals surface area contributed by atoms with Crippen molar-refractivity contribution >= 4 is 17.5 Å². The van der Waals surface area contributed by atoms with Crippen molar-refractivity contribution < 1.29 is 18.7 Å². The minimum atomic E-state index is -1.70. The zero-order chi connectivity index (χ0) is 16.3. The summed E-state index contributed by atoms with van der Waals surface area (Å²) in [5.74, 6) is -2.17. The molecule has 4 nitrogen and oxygen atoms in total. The van der Waals surface area contributed by atoms with Gasteiger partial charge in [-0.2, -0.15) is 0 Å². The Hall–Kier alpha value is -2.05. The highest BCUT2D eigenvalue weighted by Gasteiger charge is 2.28. The van der Waals surface area contributed by atoms with E-state index in [-0.39, 0.29) is 22.7 Å². The van der Waals surface area contributed by atoms with Gasteiger partial charge in [0.2, 0.25) is 0 Å². The van der Waals surface area contributed by atoms with Crippen LogP contribution in [0, 0.1) is 11.6 Å². The SMILES string of the molecule is CC(O)(CNC(=O)c1ccncc1Cl)c1ccc(F)cc1F. The van der Waals surface area contributed by atoms with E-state index in [4.69, 9.17) is 11.6 Å². The van der Waals surface area contributed by atoms with Crippen molar-refractivity contribution in [2.45, 2.75) is 12.5 Å². The van der Waals surface area contributed by atoms with Crippen molar-refractivity contribution in [1.82, 2.24) is 10.3 Å². The average molecular weight is 327 g/mol. The summed E-state index contributed by atoms with van der Waals surface area (Å²) in [5.41, 5.74) is -1.63. The Kier molecular flexibility index (Phi) is 4.73. The quantitative estimate of drug-likeness (QED) is 0.908. The van der Waals surface area contributed by atoms with E-state index in [9.17, 15) is 18.7 Å². The van der Waals surface area contributed by atoms with Crippen molar-refractivity contribution in [1.29, 1.82) is 0 Å². The van der Waals surface area contributed by atoms with E-state index in [0.717, 1.165) is 12.1 Å². The highest BCUT2D eigenvalue weighted by molar-refractivity contribution is 6.33. The second-order valence-electron chi connectivity index (χ2n) is 4.94. The molecule has 116 valence electrons. The second-order valence-corrected chi connectivity index (χ2v) is 5.34. The molecule has 0 aliphatic carbocycles. The number of aliphatic hydroxyl groups is 1. The van der Waals surface area contributed by atoms with Crippen LogP contribution in [0.2, 0.25) is 5.02 Å². The van der Waals surface area contributed by atoms with Crippen LogP contribution in [0.25, 0.3) is 0 Å². The topological polar surface area (TPSA) is 62.2 Å². The minimum Gasteiger partial charge on any atom is -0.383 e. The molecule has 0 aliphatic rings. The summed E-state index contributed by atoms with van der Waals surface area (Å²) >= 11 is 5.84. The fraction of sp³-hybridized carbons (Fsp3) is 0.200. The van der Waals surface area contributed by atoms with Gasteiger partial charge in [-0.05, 0) is 19.1 Å². The van der Waals surface area contributed by atoms with Gasteiger partial charge in [0.1, 0.15) is 17.2 Å². The molecule has 1 aromatic heterocycles. The zero-order valence-corrected chi connectivity index (χ0v) is 12.4. The number of carbonyl (C=O) groups is 1. The Morgan fingerprint density at radius 1 is 1.41 bits per heavy atom. The molecular weight excluding hydrogens is 314 g/mol. The molecular formula is C15H13ClF2N2O2. The Balaban J connectivity index is 2.13. The van der Waals surface area contributed by atoms with E-state index in [2.05, 4.69) is 10.3 Å². The Bertz CT molecular complexity index is 708. The first-order chi connectivity index (χ1) is 10.3. The van der Waals surface area contributed by atoms with Crippen molar-refractivity contribution in [3.05, 3.63) is 64.4 Å². The second kappa shape index (κ2) is 6.37. The van der Waals surface area contributed by atoms with Crippen LogP contribution in [0.15, 0.2) is 36.7 Å². The molecule has 7 heteroatoms. The van der Waals surface area contributed by atoms with Gasteiger partial charge in [-0.3, -0.25) is 9.78 Å². The molecule has 0 bridgehead atoms. The van der Waals surface area contributed by atoms with Gasteiger partial charge < -0.3 is 10.4 Å². The Labute approximate surface area is 130 Å². The van der Waals surface area contributed by atoms with Gasteiger partial charge in [-0.25, -0.2) is 8.78 Å². The lowest BCUT2D eigenvalue weighted by molar-refractivity contribution is 0.0494. The number of benzene rings is 1. The third kappa shape index (κ3) is 3.58. The maximum Gasteiger partial charge on any atom is 0.253 e. The van der Waals surface area contributed by atoms with Gasteiger partial charge in [-0.1, -0.05) is 17.7 Å².